The lowest BCUT2D eigenvalue weighted by Crippen LogP contribution is -2.41. The van der Waals surface area contributed by atoms with Crippen LogP contribution in [0.15, 0.2) is 0 Å². The molecule has 1 fully saturated rings. The van der Waals surface area contributed by atoms with Crippen molar-refractivity contribution in [3.8, 4) is 0 Å². The Morgan fingerprint density at radius 1 is 0.950 bits per heavy atom. The number of esters is 3. The maximum atomic E-state index is 11.1. The maximum Gasteiger partial charge on any atom is 0.303 e. The lowest BCUT2D eigenvalue weighted by Gasteiger charge is -2.22. The fourth-order valence-electron chi connectivity index (χ4n) is 1.87. The maximum absolute atomic E-state index is 11.1. The third-order valence-corrected chi connectivity index (χ3v) is 2.55. The van der Waals surface area contributed by atoms with Gasteiger partial charge in [0, 0.05) is 27.9 Å². The molecule has 20 heavy (non-hydrogen) atoms. The minimum atomic E-state index is -0.915. The quantitative estimate of drug-likeness (QED) is 0.506. The smallest absolute Gasteiger partial charge is 0.303 e. The third-order valence-electron chi connectivity index (χ3n) is 2.55. The van der Waals surface area contributed by atoms with Gasteiger partial charge in [-0.1, -0.05) is 0 Å². The van der Waals surface area contributed by atoms with Crippen LogP contribution in [0, 0.1) is 0 Å². The average molecular weight is 290 g/mol. The Bertz CT molecular complexity index is 380. The van der Waals surface area contributed by atoms with Gasteiger partial charge in [-0.2, -0.15) is 0 Å². The molecule has 4 atom stereocenters. The Morgan fingerprint density at radius 3 is 1.95 bits per heavy atom. The summed E-state index contributed by atoms with van der Waals surface area (Å²) in [6.07, 6.45) is -3.48. The zero-order valence-corrected chi connectivity index (χ0v) is 11.8. The molecule has 0 aliphatic carbocycles. The molecule has 114 valence electrons. The summed E-state index contributed by atoms with van der Waals surface area (Å²) in [5.74, 6) is -1.63. The van der Waals surface area contributed by atoms with Gasteiger partial charge >= 0.3 is 17.9 Å². The number of hydrogen-bond donors (Lipinski definition) is 0. The van der Waals surface area contributed by atoms with E-state index < -0.39 is 42.5 Å². The largest absolute Gasteiger partial charge is 0.463 e. The molecule has 0 N–H and O–H groups in total. The summed E-state index contributed by atoms with van der Waals surface area (Å²) in [6, 6.07) is 0. The Kier molecular flexibility index (Phi) is 5.90. The van der Waals surface area contributed by atoms with E-state index >= 15 is 0 Å². The van der Waals surface area contributed by atoms with Crippen molar-refractivity contribution in [1.82, 2.24) is 0 Å². The van der Waals surface area contributed by atoms with Gasteiger partial charge in [-0.05, 0) is 0 Å². The number of methoxy groups -OCH3 is 1. The van der Waals surface area contributed by atoms with Crippen LogP contribution in [0.2, 0.25) is 0 Å². The molecular formula is C12H18O8. The van der Waals surface area contributed by atoms with Gasteiger partial charge in [0.25, 0.3) is 0 Å². The molecule has 0 spiro atoms. The van der Waals surface area contributed by atoms with Crippen LogP contribution in [0.5, 0.6) is 0 Å². The summed E-state index contributed by atoms with van der Waals surface area (Å²) in [5.41, 5.74) is 0. The van der Waals surface area contributed by atoms with Crippen molar-refractivity contribution >= 4 is 17.9 Å². The van der Waals surface area contributed by atoms with Gasteiger partial charge in [-0.3, -0.25) is 14.4 Å². The van der Waals surface area contributed by atoms with Crippen molar-refractivity contribution in [1.29, 1.82) is 0 Å². The summed E-state index contributed by atoms with van der Waals surface area (Å²) < 4.78 is 25.5. The van der Waals surface area contributed by atoms with Crippen LogP contribution in [0.1, 0.15) is 20.8 Å². The molecule has 1 heterocycles. The van der Waals surface area contributed by atoms with Gasteiger partial charge in [0.1, 0.15) is 12.7 Å². The Labute approximate surface area is 116 Å². The number of rotatable bonds is 5. The highest BCUT2D eigenvalue weighted by atomic mass is 16.7. The van der Waals surface area contributed by atoms with E-state index in [1.54, 1.807) is 0 Å². The number of carbonyl (C=O) groups is 3. The molecule has 0 amide bonds. The van der Waals surface area contributed by atoms with Crippen molar-refractivity contribution < 1.29 is 38.1 Å². The molecule has 1 saturated heterocycles. The molecule has 0 saturated carbocycles. The highest BCUT2D eigenvalue weighted by Gasteiger charge is 2.49. The van der Waals surface area contributed by atoms with Crippen LogP contribution < -0.4 is 0 Å². The van der Waals surface area contributed by atoms with E-state index in [2.05, 4.69) is 0 Å². The Balaban J connectivity index is 2.84. The lowest BCUT2D eigenvalue weighted by atomic mass is 10.1. The van der Waals surface area contributed by atoms with Crippen molar-refractivity contribution in [2.45, 2.75) is 45.4 Å². The summed E-state index contributed by atoms with van der Waals surface area (Å²) in [5, 5.41) is 0. The van der Waals surface area contributed by atoms with Crippen LogP contribution in [-0.2, 0) is 38.1 Å². The highest BCUT2D eigenvalue weighted by Crippen LogP contribution is 2.27. The summed E-state index contributed by atoms with van der Waals surface area (Å²) in [7, 11) is 1.36. The van der Waals surface area contributed by atoms with E-state index in [1.807, 2.05) is 0 Å². The first-order valence-electron chi connectivity index (χ1n) is 6.01. The van der Waals surface area contributed by atoms with E-state index in [0.717, 1.165) is 0 Å². The minimum Gasteiger partial charge on any atom is -0.463 e. The third kappa shape index (κ3) is 4.46. The van der Waals surface area contributed by atoms with Gasteiger partial charge in [0.05, 0.1) is 0 Å². The predicted molar refractivity (Wildman–Crippen MR) is 63.4 cm³/mol. The Hall–Kier alpha value is -1.67. The topological polar surface area (TPSA) is 97.4 Å². The number of hydrogen-bond acceptors (Lipinski definition) is 8. The van der Waals surface area contributed by atoms with Crippen molar-refractivity contribution in [3.05, 3.63) is 0 Å². The molecule has 0 aromatic carbocycles. The zero-order chi connectivity index (χ0) is 15.3. The minimum absolute atomic E-state index is 0.134. The second-order valence-corrected chi connectivity index (χ2v) is 4.23. The standard InChI is InChI=1S/C12H18O8/c1-6(13)17-5-9-10(18-7(2)14)11(19-8(3)15)12(16-4)20-9/h9-12H,5H2,1-4H3/t9-,10+,11?,12?/m0/s1. The summed E-state index contributed by atoms with van der Waals surface area (Å²) in [6.45, 7) is 3.54. The average Bonchev–Trinajstić information content (AvgIpc) is 2.63. The number of carbonyl (C=O) groups excluding carboxylic acids is 3. The van der Waals surface area contributed by atoms with E-state index in [-0.39, 0.29) is 6.61 Å². The van der Waals surface area contributed by atoms with Gasteiger partial charge in [-0.15, -0.1) is 0 Å². The fourth-order valence-corrected chi connectivity index (χ4v) is 1.87. The van der Waals surface area contributed by atoms with E-state index in [9.17, 15) is 14.4 Å². The lowest BCUT2D eigenvalue weighted by molar-refractivity contribution is -0.181. The predicted octanol–water partition coefficient (Wildman–Crippen LogP) is -0.216. The van der Waals surface area contributed by atoms with Crippen molar-refractivity contribution in [3.63, 3.8) is 0 Å². The molecule has 1 aliphatic heterocycles. The van der Waals surface area contributed by atoms with Gasteiger partial charge in [0.2, 0.25) is 0 Å². The number of ether oxygens (including phenoxy) is 5. The molecular weight excluding hydrogens is 272 g/mol. The normalized spacial score (nSPS) is 28.8. The van der Waals surface area contributed by atoms with E-state index in [1.165, 1.54) is 27.9 Å². The molecule has 0 bridgehead atoms. The van der Waals surface area contributed by atoms with Crippen molar-refractivity contribution in [2.24, 2.45) is 0 Å². The summed E-state index contributed by atoms with van der Waals surface area (Å²) >= 11 is 0. The summed E-state index contributed by atoms with van der Waals surface area (Å²) in [4.78, 5) is 33.1. The van der Waals surface area contributed by atoms with Gasteiger partial charge < -0.3 is 23.7 Å². The second kappa shape index (κ2) is 7.20. The van der Waals surface area contributed by atoms with E-state index in [4.69, 9.17) is 23.7 Å². The molecule has 2 unspecified atom stereocenters. The second-order valence-electron chi connectivity index (χ2n) is 4.23. The fraction of sp³-hybridized carbons (Fsp3) is 0.750. The van der Waals surface area contributed by atoms with Crippen LogP contribution in [-0.4, -0.2) is 56.2 Å². The highest BCUT2D eigenvalue weighted by molar-refractivity contribution is 5.67. The van der Waals surface area contributed by atoms with Crippen LogP contribution in [0.25, 0.3) is 0 Å². The first kappa shape index (κ1) is 16.4. The molecule has 8 nitrogen and oxygen atoms in total. The Morgan fingerprint density at radius 2 is 1.50 bits per heavy atom. The monoisotopic (exact) mass is 290 g/mol. The molecule has 0 aromatic rings. The molecule has 8 heteroatoms. The molecule has 0 radical (unpaired) electrons. The molecule has 0 aromatic heterocycles. The first-order valence-corrected chi connectivity index (χ1v) is 6.01. The molecule has 1 rings (SSSR count). The SMILES string of the molecule is COC1O[C@@H](COC(C)=O)[C@@H](OC(C)=O)C1OC(C)=O. The van der Waals surface area contributed by atoms with Gasteiger partial charge in [-0.25, -0.2) is 0 Å². The van der Waals surface area contributed by atoms with Gasteiger partial charge in [0.15, 0.2) is 18.5 Å². The van der Waals surface area contributed by atoms with Crippen LogP contribution in [0.3, 0.4) is 0 Å². The zero-order valence-electron chi connectivity index (χ0n) is 11.8. The van der Waals surface area contributed by atoms with Crippen molar-refractivity contribution in [2.75, 3.05) is 13.7 Å². The van der Waals surface area contributed by atoms with Crippen LogP contribution >= 0.6 is 0 Å². The first-order chi connectivity index (χ1) is 9.35. The van der Waals surface area contributed by atoms with E-state index in [0.29, 0.717) is 0 Å². The molecule has 1 aliphatic rings. The van der Waals surface area contributed by atoms with Crippen LogP contribution in [0.4, 0.5) is 0 Å².